The summed E-state index contributed by atoms with van der Waals surface area (Å²) in [6, 6.07) is 17.7. The van der Waals surface area contributed by atoms with Crippen LogP contribution in [0.3, 0.4) is 0 Å². The molecule has 0 radical (unpaired) electrons. The van der Waals surface area contributed by atoms with Gasteiger partial charge in [0.05, 0.1) is 5.69 Å². The number of hydrogen-bond donors (Lipinski definition) is 2. The lowest BCUT2D eigenvalue weighted by Gasteiger charge is -2.11. The van der Waals surface area contributed by atoms with E-state index in [1.165, 1.54) is 0 Å². The van der Waals surface area contributed by atoms with Gasteiger partial charge in [-0.2, -0.15) is 0 Å². The van der Waals surface area contributed by atoms with Gasteiger partial charge < -0.3 is 19.8 Å². The number of anilines is 2. The molecule has 3 aromatic heterocycles. The average molecular weight is 471 g/mol. The van der Waals surface area contributed by atoms with Crippen molar-refractivity contribution in [3.8, 4) is 17.1 Å². The lowest BCUT2D eigenvalue weighted by Crippen LogP contribution is -2.19. The zero-order chi connectivity index (χ0) is 23.3. The number of aromatic nitrogens is 4. The van der Waals surface area contributed by atoms with Crippen LogP contribution < -0.4 is 15.4 Å². The molecule has 0 saturated carbocycles. The van der Waals surface area contributed by atoms with Crippen LogP contribution in [0.2, 0.25) is 5.02 Å². The minimum Gasteiger partial charge on any atom is -0.470 e. The van der Waals surface area contributed by atoms with E-state index in [0.717, 1.165) is 11.1 Å². The van der Waals surface area contributed by atoms with Gasteiger partial charge in [-0.1, -0.05) is 23.7 Å². The summed E-state index contributed by atoms with van der Waals surface area (Å²) in [5, 5.41) is 6.22. The van der Waals surface area contributed by atoms with E-state index in [1.54, 1.807) is 42.9 Å². The van der Waals surface area contributed by atoms with Gasteiger partial charge in [0, 0.05) is 52.9 Å². The van der Waals surface area contributed by atoms with Gasteiger partial charge >= 0.3 is 6.03 Å². The highest BCUT2D eigenvalue weighted by Crippen LogP contribution is 2.26. The Kier molecular flexibility index (Phi) is 6.05. The highest BCUT2D eigenvalue weighted by molar-refractivity contribution is 6.30. The molecule has 5 aromatic rings. The van der Waals surface area contributed by atoms with Crippen molar-refractivity contribution in [2.75, 3.05) is 10.6 Å². The van der Waals surface area contributed by atoms with Gasteiger partial charge in [-0.25, -0.2) is 14.8 Å². The molecule has 0 saturated heterocycles. The molecule has 0 unspecified atom stereocenters. The molecule has 8 nitrogen and oxygen atoms in total. The fraction of sp³-hybridized carbons (Fsp3) is 0.0400. The maximum atomic E-state index is 12.4. The zero-order valence-corrected chi connectivity index (χ0v) is 18.6. The Morgan fingerprint density at radius 1 is 0.971 bits per heavy atom. The molecule has 0 aliphatic carbocycles. The molecule has 0 spiro atoms. The van der Waals surface area contributed by atoms with Crippen LogP contribution in [0.4, 0.5) is 16.2 Å². The highest BCUT2D eigenvalue weighted by atomic mass is 35.5. The normalized spacial score (nSPS) is 10.7. The number of ether oxygens (including phenoxy) is 1. The summed E-state index contributed by atoms with van der Waals surface area (Å²) in [4.78, 5) is 25.5. The Morgan fingerprint density at radius 3 is 2.59 bits per heavy atom. The van der Waals surface area contributed by atoms with Gasteiger partial charge in [0.25, 0.3) is 5.88 Å². The van der Waals surface area contributed by atoms with Crippen LogP contribution in [0, 0.1) is 0 Å². The Hall–Kier alpha value is -4.43. The Balaban J connectivity index is 1.36. The third-order valence-corrected chi connectivity index (χ3v) is 5.24. The average Bonchev–Trinajstić information content (AvgIpc) is 3.34. The van der Waals surface area contributed by atoms with Crippen molar-refractivity contribution in [1.82, 2.24) is 19.4 Å². The van der Waals surface area contributed by atoms with Gasteiger partial charge in [0.2, 0.25) is 5.65 Å². The van der Waals surface area contributed by atoms with Crippen LogP contribution in [-0.2, 0) is 6.61 Å². The summed E-state index contributed by atoms with van der Waals surface area (Å²) in [6.45, 7) is 0.341. The highest BCUT2D eigenvalue weighted by Gasteiger charge is 2.12. The van der Waals surface area contributed by atoms with E-state index < -0.39 is 0 Å². The number of urea groups is 1. The van der Waals surface area contributed by atoms with Gasteiger partial charge in [0.1, 0.15) is 6.61 Å². The van der Waals surface area contributed by atoms with Crippen molar-refractivity contribution in [2.24, 2.45) is 0 Å². The number of nitrogens with zero attached hydrogens (tertiary/aromatic N) is 4. The first-order valence-corrected chi connectivity index (χ1v) is 10.8. The molecule has 2 amide bonds. The molecule has 2 aromatic carbocycles. The third-order valence-electron chi connectivity index (χ3n) is 4.99. The van der Waals surface area contributed by atoms with Crippen LogP contribution in [0.5, 0.6) is 5.88 Å². The molecule has 0 fully saturated rings. The van der Waals surface area contributed by atoms with E-state index in [4.69, 9.17) is 21.3 Å². The number of pyridine rings is 1. The lowest BCUT2D eigenvalue weighted by molar-refractivity contribution is 0.262. The molecule has 168 valence electrons. The second kappa shape index (κ2) is 9.60. The van der Waals surface area contributed by atoms with Crippen LogP contribution in [0.15, 0.2) is 91.6 Å². The Bertz CT molecular complexity index is 1440. The maximum absolute atomic E-state index is 12.4. The molecular weight excluding hydrogens is 452 g/mol. The SMILES string of the molecule is O=C(Nc1ccc(Cl)cc1)Nc1cccc(-c2cn3ccnc3c(OCc3ccncc3)n2)c1. The van der Waals surface area contributed by atoms with E-state index in [2.05, 4.69) is 20.6 Å². The van der Waals surface area contributed by atoms with Crippen LogP contribution >= 0.6 is 11.6 Å². The Labute approximate surface area is 200 Å². The first-order valence-electron chi connectivity index (χ1n) is 10.4. The van der Waals surface area contributed by atoms with E-state index in [0.29, 0.717) is 40.2 Å². The van der Waals surface area contributed by atoms with Crippen molar-refractivity contribution >= 4 is 34.7 Å². The monoisotopic (exact) mass is 470 g/mol. The van der Waals surface area contributed by atoms with Crippen molar-refractivity contribution in [2.45, 2.75) is 6.61 Å². The standard InChI is InChI=1S/C25H19ClN6O2/c26-19-4-6-20(7-5-19)29-25(33)30-21-3-1-2-18(14-21)22-15-32-13-12-28-23(32)24(31-22)34-16-17-8-10-27-11-9-17/h1-15H,16H2,(H2,29,30,33). The molecule has 9 heteroatoms. The zero-order valence-electron chi connectivity index (χ0n) is 17.9. The topological polar surface area (TPSA) is 93.4 Å². The van der Waals surface area contributed by atoms with Crippen molar-refractivity contribution in [3.63, 3.8) is 0 Å². The molecule has 3 heterocycles. The molecule has 0 aliphatic heterocycles. The van der Waals surface area contributed by atoms with Crippen LogP contribution in [0.25, 0.3) is 16.9 Å². The second-order valence-corrected chi connectivity index (χ2v) is 7.84. The van der Waals surface area contributed by atoms with Crippen LogP contribution in [-0.4, -0.2) is 25.4 Å². The fourth-order valence-corrected chi connectivity index (χ4v) is 3.48. The molecule has 0 bridgehead atoms. The predicted octanol–water partition coefficient (Wildman–Crippen LogP) is 5.67. The number of benzene rings is 2. The van der Waals surface area contributed by atoms with Crippen molar-refractivity contribution < 1.29 is 9.53 Å². The predicted molar refractivity (Wildman–Crippen MR) is 131 cm³/mol. The van der Waals surface area contributed by atoms with Crippen molar-refractivity contribution in [1.29, 1.82) is 0 Å². The summed E-state index contributed by atoms with van der Waals surface area (Å²) >= 11 is 5.89. The largest absolute Gasteiger partial charge is 0.470 e. The van der Waals surface area contributed by atoms with Gasteiger partial charge in [-0.15, -0.1) is 0 Å². The smallest absolute Gasteiger partial charge is 0.323 e. The molecular formula is C25H19ClN6O2. The second-order valence-electron chi connectivity index (χ2n) is 7.40. The minimum absolute atomic E-state index is 0.341. The van der Waals surface area contributed by atoms with E-state index in [-0.39, 0.29) is 6.03 Å². The first-order chi connectivity index (χ1) is 16.6. The molecule has 0 atom stereocenters. The maximum Gasteiger partial charge on any atom is 0.323 e. The quantitative estimate of drug-likeness (QED) is 0.333. The molecule has 34 heavy (non-hydrogen) atoms. The van der Waals surface area contributed by atoms with Crippen molar-refractivity contribution in [3.05, 3.63) is 102 Å². The van der Waals surface area contributed by atoms with E-state index in [1.807, 2.05) is 53.2 Å². The number of halogens is 1. The number of carbonyl (C=O) groups is 1. The number of rotatable bonds is 6. The number of carbonyl (C=O) groups excluding carboxylic acids is 1. The number of hydrogen-bond acceptors (Lipinski definition) is 5. The Morgan fingerprint density at radius 2 is 1.76 bits per heavy atom. The van der Waals surface area contributed by atoms with Crippen LogP contribution in [0.1, 0.15) is 5.56 Å². The summed E-state index contributed by atoms with van der Waals surface area (Å²) < 4.78 is 7.84. The van der Waals surface area contributed by atoms with Gasteiger partial charge in [0.15, 0.2) is 0 Å². The number of nitrogens with one attached hydrogen (secondary N) is 2. The molecule has 0 aliphatic rings. The minimum atomic E-state index is -0.362. The summed E-state index contributed by atoms with van der Waals surface area (Å²) in [5.74, 6) is 0.415. The number of imidazole rings is 1. The lowest BCUT2D eigenvalue weighted by atomic mass is 10.1. The van der Waals surface area contributed by atoms with E-state index >= 15 is 0 Å². The van der Waals surface area contributed by atoms with Gasteiger partial charge in [-0.3, -0.25) is 4.98 Å². The summed E-state index contributed by atoms with van der Waals surface area (Å²) in [7, 11) is 0. The summed E-state index contributed by atoms with van der Waals surface area (Å²) in [5.41, 5.74) is 4.35. The summed E-state index contributed by atoms with van der Waals surface area (Å²) in [6.07, 6.45) is 8.83. The first kappa shape index (κ1) is 21.4. The number of amides is 2. The molecule has 5 rings (SSSR count). The van der Waals surface area contributed by atoms with E-state index in [9.17, 15) is 4.79 Å². The fourth-order valence-electron chi connectivity index (χ4n) is 3.35. The number of fused-ring (bicyclic) bond motifs is 1. The molecule has 2 N–H and O–H groups in total. The third kappa shape index (κ3) is 4.97. The van der Waals surface area contributed by atoms with Gasteiger partial charge in [-0.05, 0) is 54.1 Å².